The summed E-state index contributed by atoms with van der Waals surface area (Å²) in [6, 6.07) is 9.21. The van der Waals surface area contributed by atoms with Crippen molar-refractivity contribution in [2.24, 2.45) is 14.1 Å². The van der Waals surface area contributed by atoms with Gasteiger partial charge in [0.25, 0.3) is 11.5 Å². The fourth-order valence-electron chi connectivity index (χ4n) is 5.27. The molecular formula is C29H29FN8O3. The molecule has 0 unspecified atom stereocenters. The number of likely N-dealkylation sites (tertiary alicyclic amines) is 1. The van der Waals surface area contributed by atoms with Gasteiger partial charge in [0.2, 0.25) is 5.91 Å². The summed E-state index contributed by atoms with van der Waals surface area (Å²) in [5.41, 5.74) is 1.94. The maximum atomic E-state index is 14.1. The van der Waals surface area contributed by atoms with Crippen molar-refractivity contribution in [3.05, 3.63) is 76.0 Å². The molecule has 12 heteroatoms. The van der Waals surface area contributed by atoms with Gasteiger partial charge in [-0.05, 0) is 25.5 Å². The summed E-state index contributed by atoms with van der Waals surface area (Å²) in [6.45, 7) is 3.14. The van der Waals surface area contributed by atoms with Crippen LogP contribution in [0, 0.1) is 6.92 Å². The molecule has 1 aromatic carbocycles. The third-order valence-electron chi connectivity index (χ3n) is 7.42. The summed E-state index contributed by atoms with van der Waals surface area (Å²) >= 11 is 0. The highest BCUT2D eigenvalue weighted by Crippen LogP contribution is 2.29. The van der Waals surface area contributed by atoms with Crippen LogP contribution in [0.3, 0.4) is 0 Å². The normalized spacial score (nSPS) is 14.4. The van der Waals surface area contributed by atoms with Crippen molar-refractivity contribution in [2.75, 3.05) is 13.1 Å². The van der Waals surface area contributed by atoms with E-state index >= 15 is 0 Å². The fraction of sp³-hybridized carbons (Fsp3) is 0.310. The Labute approximate surface area is 234 Å². The zero-order valence-corrected chi connectivity index (χ0v) is 23.2. The number of hydrogen-bond donors (Lipinski definition) is 1. The number of nitrogens with zero attached hydrogens (tertiary/aromatic N) is 7. The Bertz CT molecular complexity index is 1890. The van der Waals surface area contributed by atoms with Crippen LogP contribution in [0.5, 0.6) is 0 Å². The summed E-state index contributed by atoms with van der Waals surface area (Å²) < 4.78 is 18.8. The number of aromatic nitrogens is 6. The average Bonchev–Trinajstić information content (AvgIpc) is 3.50. The zero-order valence-electron chi connectivity index (χ0n) is 23.2. The Morgan fingerprint density at radius 2 is 1.85 bits per heavy atom. The number of carbonyl (C=O) groups excluding carboxylic acids is 2. The molecule has 1 N–H and O–H groups in total. The zero-order chi connectivity index (χ0) is 29.1. The Morgan fingerprint density at radius 3 is 2.51 bits per heavy atom. The summed E-state index contributed by atoms with van der Waals surface area (Å²) in [5.74, 6) is -0.376. The van der Waals surface area contributed by atoms with Gasteiger partial charge in [-0.2, -0.15) is 5.10 Å². The molecule has 1 aliphatic heterocycles. The second-order valence-corrected chi connectivity index (χ2v) is 10.9. The van der Waals surface area contributed by atoms with Crippen molar-refractivity contribution in [3.8, 4) is 11.4 Å². The van der Waals surface area contributed by atoms with Gasteiger partial charge >= 0.3 is 0 Å². The number of hydrogen-bond acceptors (Lipinski definition) is 6. The minimum absolute atomic E-state index is 0.0525. The van der Waals surface area contributed by atoms with Crippen LogP contribution < -0.4 is 10.9 Å². The van der Waals surface area contributed by atoms with Crippen molar-refractivity contribution in [2.45, 2.75) is 32.6 Å². The molecule has 0 aliphatic carbocycles. The predicted molar refractivity (Wildman–Crippen MR) is 151 cm³/mol. The smallest absolute Gasteiger partial charge is 0.265 e. The molecule has 0 radical (unpaired) electrons. The largest absolute Gasteiger partial charge is 0.348 e. The lowest BCUT2D eigenvalue weighted by atomic mass is 9.99. The number of rotatable bonds is 6. The number of fused-ring (bicyclic) bond motifs is 3. The predicted octanol–water partition coefficient (Wildman–Crippen LogP) is 2.49. The molecule has 0 saturated carbocycles. The Morgan fingerprint density at radius 1 is 1.12 bits per heavy atom. The van der Waals surface area contributed by atoms with Gasteiger partial charge < -0.3 is 14.8 Å². The Hall–Kier alpha value is -4.87. The summed E-state index contributed by atoms with van der Waals surface area (Å²) in [5, 5.41) is 7.54. The van der Waals surface area contributed by atoms with E-state index in [9.17, 15) is 18.8 Å². The van der Waals surface area contributed by atoms with Crippen LogP contribution >= 0.6 is 0 Å². The number of alkyl halides is 1. The van der Waals surface area contributed by atoms with E-state index in [0.29, 0.717) is 22.2 Å². The van der Waals surface area contributed by atoms with Gasteiger partial charge in [0.15, 0.2) is 0 Å². The highest BCUT2D eigenvalue weighted by Gasteiger charge is 2.41. The van der Waals surface area contributed by atoms with Gasteiger partial charge in [0, 0.05) is 32.2 Å². The van der Waals surface area contributed by atoms with Crippen molar-refractivity contribution in [1.29, 1.82) is 0 Å². The van der Waals surface area contributed by atoms with Crippen molar-refractivity contribution in [3.63, 3.8) is 0 Å². The van der Waals surface area contributed by atoms with E-state index in [-0.39, 0.29) is 37.4 Å². The number of benzene rings is 1. The monoisotopic (exact) mass is 556 g/mol. The van der Waals surface area contributed by atoms with E-state index in [0.717, 1.165) is 16.7 Å². The lowest BCUT2D eigenvalue weighted by Crippen LogP contribution is -2.60. The second-order valence-electron chi connectivity index (χ2n) is 10.9. The van der Waals surface area contributed by atoms with E-state index in [1.807, 2.05) is 56.0 Å². The molecule has 1 aliphatic rings. The summed E-state index contributed by atoms with van der Waals surface area (Å²) in [6.07, 6.45) is 5.07. The molecule has 2 amide bonds. The van der Waals surface area contributed by atoms with E-state index in [1.54, 1.807) is 10.9 Å². The van der Waals surface area contributed by atoms with Crippen LogP contribution in [-0.2, 0) is 32.0 Å². The van der Waals surface area contributed by atoms with Gasteiger partial charge in [-0.15, -0.1) is 0 Å². The molecule has 41 heavy (non-hydrogen) atoms. The average molecular weight is 557 g/mol. The number of aryl methyl sites for hydroxylation is 3. The molecule has 5 heterocycles. The van der Waals surface area contributed by atoms with Gasteiger partial charge in [-0.1, -0.05) is 29.8 Å². The first kappa shape index (κ1) is 26.4. The number of halogens is 1. The number of amides is 2. The van der Waals surface area contributed by atoms with Crippen LogP contribution in [0.4, 0.5) is 4.39 Å². The summed E-state index contributed by atoms with van der Waals surface area (Å²) in [4.78, 5) is 50.8. The Kier molecular flexibility index (Phi) is 6.20. The van der Waals surface area contributed by atoms with Crippen LogP contribution in [0.15, 0.2) is 53.7 Å². The molecule has 4 aromatic heterocycles. The number of carbonyl (C=O) groups is 2. The third-order valence-corrected chi connectivity index (χ3v) is 7.42. The van der Waals surface area contributed by atoms with E-state index in [4.69, 9.17) is 4.98 Å². The maximum absolute atomic E-state index is 14.1. The molecule has 0 spiro atoms. The molecule has 1 saturated heterocycles. The van der Waals surface area contributed by atoms with Crippen molar-refractivity contribution >= 4 is 33.9 Å². The molecule has 1 fully saturated rings. The van der Waals surface area contributed by atoms with Crippen LogP contribution in [0.2, 0.25) is 0 Å². The topological polar surface area (TPSA) is 120 Å². The van der Waals surface area contributed by atoms with Gasteiger partial charge in [0.1, 0.15) is 34.8 Å². The van der Waals surface area contributed by atoms with E-state index < -0.39 is 23.0 Å². The van der Waals surface area contributed by atoms with Gasteiger partial charge in [0.05, 0.1) is 36.6 Å². The minimum atomic E-state index is -1.46. The first-order chi connectivity index (χ1) is 19.5. The first-order valence-corrected chi connectivity index (χ1v) is 13.2. The van der Waals surface area contributed by atoms with Gasteiger partial charge in [-0.3, -0.25) is 23.6 Å². The molecule has 11 nitrogen and oxygen atoms in total. The SMILES string of the molecule is Cc1ccc(CNC(=O)c2cc3c4c(cnc3n(CC(=O)N3CC(C)(F)C3)c2=O)nc(-c2cnn(C)c2)n4C)cc1. The van der Waals surface area contributed by atoms with Crippen LogP contribution in [0.25, 0.3) is 33.5 Å². The fourth-order valence-corrected chi connectivity index (χ4v) is 5.27. The maximum Gasteiger partial charge on any atom is 0.265 e. The molecule has 0 atom stereocenters. The number of imidazole rings is 1. The standard InChI is InChI=1S/C29H29FN8O3/c1-17-5-7-18(8-6-17)10-32-27(40)21-9-20-24-22(34-25(36(24)4)19-11-33-35(3)13-19)12-31-26(20)38(28(21)41)14-23(39)37-15-29(2,30)16-37/h5-9,11-13H,10,14-16H2,1-4H3,(H,32,40). The molecule has 0 bridgehead atoms. The molecule has 210 valence electrons. The quantitative estimate of drug-likeness (QED) is 0.343. The second kappa shape index (κ2) is 9.65. The minimum Gasteiger partial charge on any atom is -0.348 e. The lowest BCUT2D eigenvalue weighted by molar-refractivity contribution is -0.144. The number of pyridine rings is 2. The van der Waals surface area contributed by atoms with Gasteiger partial charge in [-0.25, -0.2) is 14.4 Å². The first-order valence-electron chi connectivity index (χ1n) is 13.2. The molecular weight excluding hydrogens is 527 g/mol. The van der Waals surface area contributed by atoms with Crippen molar-refractivity contribution < 1.29 is 14.0 Å². The van der Waals surface area contributed by atoms with Crippen LogP contribution in [-0.4, -0.2) is 64.4 Å². The van der Waals surface area contributed by atoms with Crippen LogP contribution in [0.1, 0.15) is 28.4 Å². The van der Waals surface area contributed by atoms with E-state index in [1.165, 1.54) is 28.7 Å². The highest BCUT2D eigenvalue weighted by atomic mass is 19.1. The van der Waals surface area contributed by atoms with E-state index in [2.05, 4.69) is 15.4 Å². The molecule has 5 aromatic rings. The lowest BCUT2D eigenvalue weighted by Gasteiger charge is -2.42. The summed E-state index contributed by atoms with van der Waals surface area (Å²) in [7, 11) is 3.64. The third kappa shape index (κ3) is 4.75. The molecule has 6 rings (SSSR count). The van der Waals surface area contributed by atoms with Crippen molar-refractivity contribution in [1.82, 2.24) is 39.1 Å². The Balaban J connectivity index is 1.47. The highest BCUT2D eigenvalue weighted by molar-refractivity contribution is 6.06. The number of nitrogens with one attached hydrogen (secondary N) is 1.